The lowest BCUT2D eigenvalue weighted by Gasteiger charge is -2.17. The van der Waals surface area contributed by atoms with E-state index in [1.54, 1.807) is 31.1 Å². The Hall–Kier alpha value is -1.88. The van der Waals surface area contributed by atoms with Crippen LogP contribution in [0.4, 0.5) is 0 Å². The molecule has 0 aliphatic rings. The lowest BCUT2D eigenvalue weighted by atomic mass is 10.1. The van der Waals surface area contributed by atoms with Crippen LogP contribution in [-0.4, -0.2) is 37.4 Å². The molecule has 1 aromatic rings. The molecule has 0 aliphatic heterocycles. The van der Waals surface area contributed by atoms with E-state index in [4.69, 9.17) is 5.73 Å². The van der Waals surface area contributed by atoms with E-state index in [-0.39, 0.29) is 11.8 Å². The smallest absolute Gasteiger partial charge is 0.251 e. The van der Waals surface area contributed by atoms with Gasteiger partial charge in [0.15, 0.2) is 0 Å². The molecular formula is C15H23N3O2. The molecule has 0 bridgehead atoms. The van der Waals surface area contributed by atoms with Crippen molar-refractivity contribution >= 4 is 11.8 Å². The Kier molecular flexibility index (Phi) is 6.73. The van der Waals surface area contributed by atoms with Gasteiger partial charge in [-0.3, -0.25) is 9.59 Å². The minimum absolute atomic E-state index is 0.109. The van der Waals surface area contributed by atoms with Crippen molar-refractivity contribution in [1.29, 1.82) is 0 Å². The molecule has 1 aromatic carbocycles. The third-order valence-electron chi connectivity index (χ3n) is 3.13. The van der Waals surface area contributed by atoms with E-state index in [0.717, 1.165) is 18.4 Å². The standard InChI is InChI=1S/C15H23N3O2/c1-17-15(20)13-8-6-12(7-9-13)11-18(2)14(19)5-3-4-10-16/h6-9H,3-5,10-11,16H2,1-2H3,(H,17,20). The summed E-state index contributed by atoms with van der Waals surface area (Å²) in [6.45, 7) is 1.17. The van der Waals surface area contributed by atoms with E-state index in [9.17, 15) is 9.59 Å². The van der Waals surface area contributed by atoms with Gasteiger partial charge in [-0.15, -0.1) is 0 Å². The topological polar surface area (TPSA) is 75.4 Å². The van der Waals surface area contributed by atoms with Gasteiger partial charge in [-0.1, -0.05) is 12.1 Å². The highest BCUT2D eigenvalue weighted by molar-refractivity contribution is 5.93. The Balaban J connectivity index is 2.51. The van der Waals surface area contributed by atoms with Crippen molar-refractivity contribution in [3.63, 3.8) is 0 Å². The van der Waals surface area contributed by atoms with Crippen LogP contribution in [0, 0.1) is 0 Å². The molecule has 0 heterocycles. The number of nitrogens with zero attached hydrogens (tertiary/aromatic N) is 1. The molecule has 0 aliphatic carbocycles. The van der Waals surface area contributed by atoms with Crippen molar-refractivity contribution in [2.75, 3.05) is 20.6 Å². The minimum atomic E-state index is -0.109. The number of nitrogens with two attached hydrogens (primary N) is 1. The van der Waals surface area contributed by atoms with E-state index in [2.05, 4.69) is 5.32 Å². The number of benzene rings is 1. The summed E-state index contributed by atoms with van der Waals surface area (Å²) in [7, 11) is 3.39. The maximum absolute atomic E-state index is 11.9. The van der Waals surface area contributed by atoms with E-state index in [0.29, 0.717) is 25.1 Å². The monoisotopic (exact) mass is 277 g/mol. The first-order valence-electron chi connectivity index (χ1n) is 6.83. The number of amides is 2. The third kappa shape index (κ3) is 5.01. The Morgan fingerprint density at radius 3 is 2.40 bits per heavy atom. The van der Waals surface area contributed by atoms with Crippen molar-refractivity contribution < 1.29 is 9.59 Å². The molecule has 0 atom stereocenters. The number of carbonyl (C=O) groups excluding carboxylic acids is 2. The molecule has 3 N–H and O–H groups in total. The lowest BCUT2D eigenvalue weighted by molar-refractivity contribution is -0.130. The van der Waals surface area contributed by atoms with Crippen molar-refractivity contribution in [3.8, 4) is 0 Å². The van der Waals surface area contributed by atoms with E-state index < -0.39 is 0 Å². The Labute approximate surface area is 120 Å². The van der Waals surface area contributed by atoms with E-state index >= 15 is 0 Å². The van der Waals surface area contributed by atoms with Crippen LogP contribution in [0.5, 0.6) is 0 Å². The molecule has 0 saturated heterocycles. The fourth-order valence-electron chi connectivity index (χ4n) is 1.88. The predicted molar refractivity (Wildman–Crippen MR) is 79.2 cm³/mol. The molecular weight excluding hydrogens is 254 g/mol. The number of hydrogen-bond acceptors (Lipinski definition) is 3. The van der Waals surface area contributed by atoms with Gasteiger partial charge in [-0.05, 0) is 37.1 Å². The number of unbranched alkanes of at least 4 members (excludes halogenated alkanes) is 1. The van der Waals surface area contributed by atoms with Gasteiger partial charge in [0, 0.05) is 32.6 Å². The molecule has 1 rings (SSSR count). The molecule has 110 valence electrons. The van der Waals surface area contributed by atoms with Gasteiger partial charge in [0.1, 0.15) is 0 Å². The quantitative estimate of drug-likeness (QED) is 0.734. The van der Waals surface area contributed by atoms with E-state index in [1.807, 2.05) is 12.1 Å². The second-order valence-electron chi connectivity index (χ2n) is 4.77. The molecule has 20 heavy (non-hydrogen) atoms. The van der Waals surface area contributed by atoms with Gasteiger partial charge in [0.05, 0.1) is 0 Å². The maximum atomic E-state index is 11.9. The Morgan fingerprint density at radius 1 is 1.20 bits per heavy atom. The highest BCUT2D eigenvalue weighted by atomic mass is 16.2. The Morgan fingerprint density at radius 2 is 1.85 bits per heavy atom. The number of hydrogen-bond donors (Lipinski definition) is 2. The maximum Gasteiger partial charge on any atom is 0.251 e. The van der Waals surface area contributed by atoms with Gasteiger partial charge in [-0.2, -0.15) is 0 Å². The van der Waals surface area contributed by atoms with Crippen molar-refractivity contribution in [2.45, 2.75) is 25.8 Å². The van der Waals surface area contributed by atoms with Crippen molar-refractivity contribution in [2.24, 2.45) is 5.73 Å². The van der Waals surface area contributed by atoms with Crippen LogP contribution in [0.1, 0.15) is 35.2 Å². The van der Waals surface area contributed by atoms with Crippen LogP contribution >= 0.6 is 0 Å². The molecule has 0 fully saturated rings. The van der Waals surface area contributed by atoms with Crippen LogP contribution in [0.3, 0.4) is 0 Å². The van der Waals surface area contributed by atoms with Gasteiger partial charge in [0.25, 0.3) is 5.91 Å². The van der Waals surface area contributed by atoms with Crippen LogP contribution in [0.25, 0.3) is 0 Å². The largest absolute Gasteiger partial charge is 0.355 e. The zero-order chi connectivity index (χ0) is 15.0. The SMILES string of the molecule is CNC(=O)c1ccc(CN(C)C(=O)CCCCN)cc1. The molecule has 0 spiro atoms. The number of nitrogens with one attached hydrogen (secondary N) is 1. The Bertz CT molecular complexity index is 443. The second-order valence-corrected chi connectivity index (χ2v) is 4.77. The van der Waals surface area contributed by atoms with Crippen molar-refractivity contribution in [1.82, 2.24) is 10.2 Å². The molecule has 5 nitrogen and oxygen atoms in total. The molecule has 0 aromatic heterocycles. The van der Waals surface area contributed by atoms with E-state index in [1.165, 1.54) is 0 Å². The highest BCUT2D eigenvalue weighted by Gasteiger charge is 2.09. The fourth-order valence-corrected chi connectivity index (χ4v) is 1.88. The molecule has 0 saturated carbocycles. The van der Waals surface area contributed by atoms with Gasteiger partial charge in [-0.25, -0.2) is 0 Å². The number of carbonyl (C=O) groups is 2. The molecule has 5 heteroatoms. The average molecular weight is 277 g/mol. The highest BCUT2D eigenvalue weighted by Crippen LogP contribution is 2.08. The summed E-state index contributed by atoms with van der Waals surface area (Å²) in [6.07, 6.45) is 2.24. The van der Waals surface area contributed by atoms with Crippen LogP contribution in [0.2, 0.25) is 0 Å². The zero-order valence-corrected chi connectivity index (χ0v) is 12.2. The fraction of sp³-hybridized carbons (Fsp3) is 0.467. The lowest BCUT2D eigenvalue weighted by Crippen LogP contribution is -2.26. The second kappa shape index (κ2) is 8.32. The van der Waals surface area contributed by atoms with Gasteiger partial charge < -0.3 is 16.0 Å². The minimum Gasteiger partial charge on any atom is -0.355 e. The van der Waals surface area contributed by atoms with Gasteiger partial charge >= 0.3 is 0 Å². The summed E-state index contributed by atoms with van der Waals surface area (Å²) < 4.78 is 0. The summed E-state index contributed by atoms with van der Waals surface area (Å²) >= 11 is 0. The van der Waals surface area contributed by atoms with Crippen LogP contribution in [-0.2, 0) is 11.3 Å². The normalized spacial score (nSPS) is 10.2. The summed E-state index contributed by atoms with van der Waals surface area (Å²) in [4.78, 5) is 25.0. The summed E-state index contributed by atoms with van der Waals surface area (Å²) in [5.41, 5.74) is 7.03. The number of rotatable bonds is 7. The van der Waals surface area contributed by atoms with Crippen LogP contribution < -0.4 is 11.1 Å². The summed E-state index contributed by atoms with van der Waals surface area (Å²) in [6, 6.07) is 7.27. The first-order valence-corrected chi connectivity index (χ1v) is 6.83. The molecule has 0 unspecified atom stereocenters. The summed E-state index contributed by atoms with van der Waals surface area (Å²) in [5, 5.41) is 2.57. The third-order valence-corrected chi connectivity index (χ3v) is 3.13. The first-order chi connectivity index (χ1) is 9.58. The molecule has 2 amide bonds. The predicted octanol–water partition coefficient (Wildman–Crippen LogP) is 1.13. The summed E-state index contributed by atoms with van der Waals surface area (Å²) in [5.74, 6) is 0.0107. The molecule has 0 radical (unpaired) electrons. The average Bonchev–Trinajstić information content (AvgIpc) is 2.47. The van der Waals surface area contributed by atoms with Crippen molar-refractivity contribution in [3.05, 3.63) is 35.4 Å². The zero-order valence-electron chi connectivity index (χ0n) is 12.2. The first kappa shape index (κ1) is 16.2. The van der Waals surface area contributed by atoms with Crippen LogP contribution in [0.15, 0.2) is 24.3 Å². The van der Waals surface area contributed by atoms with Gasteiger partial charge in [0.2, 0.25) is 5.91 Å².